The van der Waals surface area contributed by atoms with E-state index in [2.05, 4.69) is 19.2 Å². The lowest BCUT2D eigenvalue weighted by molar-refractivity contribution is -0.117. The molecule has 4 nitrogen and oxygen atoms in total. The molecule has 1 aromatic heterocycles. The molecule has 5 heteroatoms. The molecule has 0 bridgehead atoms. The van der Waals surface area contributed by atoms with Gasteiger partial charge in [-0.2, -0.15) is 0 Å². The Balaban J connectivity index is 2.25. The van der Waals surface area contributed by atoms with Crippen molar-refractivity contribution in [1.82, 2.24) is 5.32 Å². The topological polar surface area (TPSA) is 62.5 Å². The molecule has 1 unspecified atom stereocenters. The first kappa shape index (κ1) is 15.9. The minimum Gasteiger partial charge on any atom is -0.468 e. The molecule has 0 saturated carbocycles. The first-order chi connectivity index (χ1) is 9.11. The van der Waals surface area contributed by atoms with Gasteiger partial charge in [0.2, 0.25) is 5.91 Å². The normalized spacial score (nSPS) is 13.1. The van der Waals surface area contributed by atoms with Crippen LogP contribution in [0.3, 0.4) is 0 Å². The van der Waals surface area contributed by atoms with Crippen LogP contribution >= 0.6 is 11.8 Å². The van der Waals surface area contributed by atoms with Crippen LogP contribution in [0, 0.1) is 5.92 Å². The van der Waals surface area contributed by atoms with Gasteiger partial charge in [0.1, 0.15) is 5.76 Å². The Bertz CT molecular complexity index is 387. The molecule has 0 aliphatic carbocycles. The Hall–Kier alpha value is -1.20. The molecule has 0 aliphatic heterocycles. The molecule has 0 aromatic carbocycles. The summed E-state index contributed by atoms with van der Waals surface area (Å²) in [6.07, 6.45) is 3.89. The molecule has 0 radical (unpaired) electrons. The summed E-state index contributed by atoms with van der Waals surface area (Å²) in [4.78, 5) is 11.6. The highest BCUT2D eigenvalue weighted by atomic mass is 32.2. The molecule has 0 spiro atoms. The molecular formula is C14H21NO3S. The molecule has 0 aliphatic rings. The van der Waals surface area contributed by atoms with E-state index >= 15 is 0 Å². The van der Waals surface area contributed by atoms with E-state index in [0.717, 1.165) is 12.2 Å². The third-order valence-electron chi connectivity index (χ3n) is 2.44. The van der Waals surface area contributed by atoms with Crippen molar-refractivity contribution >= 4 is 17.7 Å². The van der Waals surface area contributed by atoms with Gasteiger partial charge in [0.25, 0.3) is 0 Å². The zero-order valence-corrected chi connectivity index (χ0v) is 12.2. The summed E-state index contributed by atoms with van der Waals surface area (Å²) in [5.74, 6) is 1.84. The van der Waals surface area contributed by atoms with E-state index in [1.54, 1.807) is 11.7 Å². The predicted octanol–water partition coefficient (Wildman–Crippen LogP) is 2.55. The van der Waals surface area contributed by atoms with Crippen LogP contribution in [0.1, 0.15) is 26.0 Å². The number of carbonyl (C=O) groups is 1. The standard InChI is InChI=1S/C14H21NO3S/c1-11(2)8-12(9-16)15-14(17)5-7-19-10-13-4-3-6-18-13/h3-7,11-12,16H,8-10H2,1-2H3,(H,15,17)/b7-5+. The number of hydrogen-bond acceptors (Lipinski definition) is 4. The third kappa shape index (κ3) is 7.08. The highest BCUT2D eigenvalue weighted by Crippen LogP contribution is 2.13. The van der Waals surface area contributed by atoms with Gasteiger partial charge in [-0.3, -0.25) is 4.79 Å². The zero-order valence-electron chi connectivity index (χ0n) is 11.3. The largest absolute Gasteiger partial charge is 0.468 e. The van der Waals surface area contributed by atoms with E-state index in [0.29, 0.717) is 11.7 Å². The third-order valence-corrected chi connectivity index (χ3v) is 3.22. The van der Waals surface area contributed by atoms with Crippen LogP contribution in [-0.4, -0.2) is 23.7 Å². The monoisotopic (exact) mass is 283 g/mol. The smallest absolute Gasteiger partial charge is 0.244 e. The van der Waals surface area contributed by atoms with Gasteiger partial charge < -0.3 is 14.8 Å². The van der Waals surface area contributed by atoms with Crippen molar-refractivity contribution in [2.45, 2.75) is 32.1 Å². The number of thioether (sulfide) groups is 1. The van der Waals surface area contributed by atoms with Crippen molar-refractivity contribution in [3.05, 3.63) is 35.6 Å². The van der Waals surface area contributed by atoms with E-state index in [9.17, 15) is 4.79 Å². The Morgan fingerprint density at radius 1 is 1.58 bits per heavy atom. The maximum Gasteiger partial charge on any atom is 0.244 e. The second-order valence-corrected chi connectivity index (χ2v) is 5.60. The lowest BCUT2D eigenvalue weighted by Gasteiger charge is -2.16. The van der Waals surface area contributed by atoms with Crippen LogP contribution in [0.4, 0.5) is 0 Å². The summed E-state index contributed by atoms with van der Waals surface area (Å²) in [5, 5.41) is 13.7. The van der Waals surface area contributed by atoms with Crippen molar-refractivity contribution in [2.75, 3.05) is 6.61 Å². The minimum absolute atomic E-state index is 0.0305. The fourth-order valence-electron chi connectivity index (χ4n) is 1.63. The summed E-state index contributed by atoms with van der Waals surface area (Å²) < 4.78 is 5.18. The number of furan rings is 1. The molecule has 0 fully saturated rings. The van der Waals surface area contributed by atoms with Crippen molar-refractivity contribution in [1.29, 1.82) is 0 Å². The lowest BCUT2D eigenvalue weighted by atomic mass is 10.0. The molecular weight excluding hydrogens is 262 g/mol. The first-order valence-electron chi connectivity index (χ1n) is 6.33. The van der Waals surface area contributed by atoms with E-state index in [1.165, 1.54) is 17.8 Å². The number of rotatable bonds is 8. The fraction of sp³-hybridized carbons (Fsp3) is 0.500. The van der Waals surface area contributed by atoms with Crippen molar-refractivity contribution in [3.8, 4) is 0 Å². The Morgan fingerprint density at radius 2 is 2.37 bits per heavy atom. The van der Waals surface area contributed by atoms with Crippen LogP contribution < -0.4 is 5.32 Å². The second-order valence-electron chi connectivity index (χ2n) is 4.71. The van der Waals surface area contributed by atoms with Crippen LogP contribution in [0.25, 0.3) is 0 Å². The number of aliphatic hydroxyl groups is 1. The maximum atomic E-state index is 11.6. The average Bonchev–Trinajstić information content (AvgIpc) is 2.86. The highest BCUT2D eigenvalue weighted by molar-refractivity contribution is 8.01. The second kappa shape index (κ2) is 8.82. The molecule has 1 atom stereocenters. The van der Waals surface area contributed by atoms with Crippen molar-refractivity contribution in [2.24, 2.45) is 5.92 Å². The van der Waals surface area contributed by atoms with E-state index in [4.69, 9.17) is 9.52 Å². The molecule has 1 amide bonds. The molecule has 1 aromatic rings. The van der Waals surface area contributed by atoms with Gasteiger partial charge in [-0.05, 0) is 29.9 Å². The summed E-state index contributed by atoms with van der Waals surface area (Å²) in [5.41, 5.74) is 0. The van der Waals surface area contributed by atoms with E-state index in [-0.39, 0.29) is 18.6 Å². The number of carbonyl (C=O) groups excluding carboxylic acids is 1. The van der Waals surface area contributed by atoms with Gasteiger partial charge in [0.05, 0.1) is 24.7 Å². The summed E-state index contributed by atoms with van der Waals surface area (Å²) in [6.45, 7) is 4.09. The van der Waals surface area contributed by atoms with Crippen LogP contribution in [-0.2, 0) is 10.5 Å². The Labute approximate surface area is 118 Å². The number of amides is 1. The molecule has 19 heavy (non-hydrogen) atoms. The summed E-state index contributed by atoms with van der Waals surface area (Å²) in [6, 6.07) is 3.56. The number of nitrogens with one attached hydrogen (secondary N) is 1. The SMILES string of the molecule is CC(C)CC(CO)NC(=O)/C=C/SCc1ccco1. The quantitative estimate of drug-likeness (QED) is 0.720. The summed E-state index contributed by atoms with van der Waals surface area (Å²) in [7, 11) is 0. The van der Waals surface area contributed by atoms with Crippen LogP contribution in [0.15, 0.2) is 34.3 Å². The predicted molar refractivity (Wildman–Crippen MR) is 77.6 cm³/mol. The fourth-order valence-corrected chi connectivity index (χ4v) is 2.28. The Morgan fingerprint density at radius 3 is 2.95 bits per heavy atom. The van der Waals surface area contributed by atoms with Gasteiger partial charge in [0.15, 0.2) is 0 Å². The van der Waals surface area contributed by atoms with Gasteiger partial charge in [0, 0.05) is 6.08 Å². The molecule has 2 N–H and O–H groups in total. The summed E-state index contributed by atoms with van der Waals surface area (Å²) >= 11 is 1.49. The highest BCUT2D eigenvalue weighted by Gasteiger charge is 2.11. The van der Waals surface area contributed by atoms with Gasteiger partial charge in [-0.15, -0.1) is 11.8 Å². The molecule has 0 saturated heterocycles. The maximum absolute atomic E-state index is 11.6. The lowest BCUT2D eigenvalue weighted by Crippen LogP contribution is -2.37. The van der Waals surface area contributed by atoms with Gasteiger partial charge in [-0.25, -0.2) is 0 Å². The van der Waals surface area contributed by atoms with Crippen molar-refractivity contribution in [3.63, 3.8) is 0 Å². The van der Waals surface area contributed by atoms with Crippen LogP contribution in [0.2, 0.25) is 0 Å². The first-order valence-corrected chi connectivity index (χ1v) is 7.38. The van der Waals surface area contributed by atoms with Crippen molar-refractivity contribution < 1.29 is 14.3 Å². The number of hydrogen-bond donors (Lipinski definition) is 2. The number of aliphatic hydroxyl groups excluding tert-OH is 1. The average molecular weight is 283 g/mol. The Kier molecular flexibility index (Phi) is 7.36. The van der Waals surface area contributed by atoms with E-state index in [1.807, 2.05) is 12.1 Å². The minimum atomic E-state index is -0.174. The zero-order chi connectivity index (χ0) is 14.1. The van der Waals surface area contributed by atoms with Crippen LogP contribution in [0.5, 0.6) is 0 Å². The molecule has 1 heterocycles. The van der Waals surface area contributed by atoms with E-state index < -0.39 is 0 Å². The molecule has 106 valence electrons. The molecule has 1 rings (SSSR count). The van der Waals surface area contributed by atoms with Gasteiger partial charge in [-0.1, -0.05) is 13.8 Å². The van der Waals surface area contributed by atoms with Gasteiger partial charge >= 0.3 is 0 Å².